The second kappa shape index (κ2) is 12.6. The molecule has 2 amide bonds. The van der Waals surface area contributed by atoms with Crippen molar-refractivity contribution in [2.24, 2.45) is 0 Å². The Morgan fingerprint density at radius 3 is 2.13 bits per heavy atom. The van der Waals surface area contributed by atoms with E-state index in [4.69, 9.17) is 9.47 Å². The molecule has 0 radical (unpaired) electrons. The van der Waals surface area contributed by atoms with Gasteiger partial charge in [-0.05, 0) is 86.1 Å². The molecule has 0 saturated heterocycles. The fourth-order valence-corrected chi connectivity index (χ4v) is 5.14. The van der Waals surface area contributed by atoms with Crippen LogP contribution in [0.4, 0.5) is 5.69 Å². The first kappa shape index (κ1) is 27.9. The van der Waals surface area contributed by atoms with Gasteiger partial charge in [-0.2, -0.15) is 0 Å². The van der Waals surface area contributed by atoms with E-state index in [1.165, 1.54) is 7.11 Å². The number of aryl methyl sites for hydroxylation is 2. The van der Waals surface area contributed by atoms with E-state index in [-0.39, 0.29) is 18.2 Å². The summed E-state index contributed by atoms with van der Waals surface area (Å²) < 4.78 is 11.3. The molecule has 4 rings (SSSR count). The van der Waals surface area contributed by atoms with Crippen molar-refractivity contribution < 1.29 is 23.9 Å². The highest BCUT2D eigenvalue weighted by atomic mass is 16.5. The van der Waals surface area contributed by atoms with Crippen LogP contribution in [-0.2, 0) is 32.0 Å². The highest BCUT2D eigenvalue weighted by Crippen LogP contribution is 2.35. The Labute approximate surface area is 229 Å². The molecule has 0 aliphatic heterocycles. The molecule has 3 aromatic rings. The number of benzene rings is 3. The first-order valence-corrected chi connectivity index (χ1v) is 13.4. The molecule has 0 spiro atoms. The summed E-state index contributed by atoms with van der Waals surface area (Å²) in [4.78, 5) is 38.6. The van der Waals surface area contributed by atoms with Crippen LogP contribution in [0.1, 0.15) is 47.9 Å². The number of esters is 1. The Morgan fingerprint density at radius 2 is 1.51 bits per heavy atom. The molecule has 39 heavy (non-hydrogen) atoms. The summed E-state index contributed by atoms with van der Waals surface area (Å²) in [6, 6.07) is 21.9. The van der Waals surface area contributed by atoms with Gasteiger partial charge in [-0.25, -0.2) is 4.79 Å². The van der Waals surface area contributed by atoms with Gasteiger partial charge in [-0.15, -0.1) is 0 Å². The van der Waals surface area contributed by atoms with Crippen LogP contribution in [0.15, 0.2) is 72.8 Å². The summed E-state index contributed by atoms with van der Waals surface area (Å²) in [6.07, 6.45) is 3.36. The van der Waals surface area contributed by atoms with Gasteiger partial charge in [0.1, 0.15) is 11.8 Å². The Morgan fingerprint density at radius 1 is 0.872 bits per heavy atom. The Hall–Kier alpha value is -4.13. The number of hydrogen-bond acceptors (Lipinski definition) is 5. The second-order valence-electron chi connectivity index (χ2n) is 10.3. The minimum Gasteiger partial charge on any atom is -0.477 e. The van der Waals surface area contributed by atoms with E-state index < -0.39 is 17.6 Å². The summed E-state index contributed by atoms with van der Waals surface area (Å²) in [5.41, 5.74) is 3.66. The molecule has 3 aromatic carbocycles. The van der Waals surface area contributed by atoms with E-state index in [1.807, 2.05) is 68.4 Å². The lowest BCUT2D eigenvalue weighted by atomic mass is 9.98. The third-order valence-corrected chi connectivity index (χ3v) is 7.01. The number of ether oxygens (including phenoxy) is 2. The van der Waals surface area contributed by atoms with Crippen molar-refractivity contribution in [2.45, 2.75) is 64.0 Å². The topological polar surface area (TPSA) is 93.7 Å². The standard InChI is InChI=1S/C32H36N2O5/c1-22-17-23(2)19-26(18-22)33-29(35)21-25-11-13-27(14-12-25)39-32(15-7-8-16-32)31(37)34-28(30(36)38-3)20-24-9-5-4-6-10-24/h4-6,9-14,17-19,28H,7-8,15-16,20-21H2,1-3H3,(H,33,35)(H,34,37)/t28-/m0/s1. The number of methoxy groups -OCH3 is 1. The third kappa shape index (κ3) is 7.47. The molecule has 2 N–H and O–H groups in total. The quantitative estimate of drug-likeness (QED) is 0.358. The largest absolute Gasteiger partial charge is 0.477 e. The zero-order valence-electron chi connectivity index (χ0n) is 22.8. The molecule has 0 heterocycles. The molecule has 1 aliphatic carbocycles. The number of anilines is 1. The van der Waals surface area contributed by atoms with E-state index in [0.717, 1.165) is 40.8 Å². The third-order valence-electron chi connectivity index (χ3n) is 7.01. The van der Waals surface area contributed by atoms with Gasteiger partial charge in [-0.1, -0.05) is 48.5 Å². The zero-order valence-corrected chi connectivity index (χ0v) is 22.8. The minimum absolute atomic E-state index is 0.104. The number of rotatable bonds is 10. The Bertz CT molecular complexity index is 1280. The number of carbonyl (C=O) groups excluding carboxylic acids is 3. The molecule has 1 saturated carbocycles. The predicted octanol–water partition coefficient (Wildman–Crippen LogP) is 5.08. The highest BCUT2D eigenvalue weighted by Gasteiger charge is 2.45. The Kier molecular flexibility index (Phi) is 9.02. The first-order valence-electron chi connectivity index (χ1n) is 13.4. The molecule has 7 heteroatoms. The van der Waals surface area contributed by atoms with Crippen LogP contribution in [0.3, 0.4) is 0 Å². The summed E-state index contributed by atoms with van der Waals surface area (Å²) >= 11 is 0. The molecular formula is C32H36N2O5. The molecule has 7 nitrogen and oxygen atoms in total. The number of nitrogens with one attached hydrogen (secondary N) is 2. The van der Waals surface area contributed by atoms with Crippen LogP contribution in [0.25, 0.3) is 0 Å². The van der Waals surface area contributed by atoms with Crippen molar-refractivity contribution in [3.8, 4) is 5.75 Å². The highest BCUT2D eigenvalue weighted by molar-refractivity contribution is 5.92. The van der Waals surface area contributed by atoms with Crippen LogP contribution in [0, 0.1) is 13.8 Å². The maximum Gasteiger partial charge on any atom is 0.328 e. The van der Waals surface area contributed by atoms with Crippen LogP contribution in [0.5, 0.6) is 5.75 Å². The van der Waals surface area contributed by atoms with Crippen molar-refractivity contribution in [1.82, 2.24) is 5.32 Å². The van der Waals surface area contributed by atoms with Gasteiger partial charge < -0.3 is 20.1 Å². The van der Waals surface area contributed by atoms with Crippen molar-refractivity contribution in [1.29, 1.82) is 0 Å². The molecule has 0 bridgehead atoms. The minimum atomic E-state index is -1.06. The SMILES string of the molecule is COC(=O)[C@H](Cc1ccccc1)NC(=O)C1(Oc2ccc(CC(=O)Nc3cc(C)cc(C)c3)cc2)CCCC1. The monoisotopic (exact) mass is 528 g/mol. The lowest BCUT2D eigenvalue weighted by molar-refractivity contribution is -0.148. The average Bonchev–Trinajstić information content (AvgIpc) is 3.38. The lowest BCUT2D eigenvalue weighted by Crippen LogP contribution is -2.54. The Balaban J connectivity index is 1.41. The van der Waals surface area contributed by atoms with Gasteiger partial charge >= 0.3 is 5.97 Å². The number of amides is 2. The van der Waals surface area contributed by atoms with E-state index in [0.29, 0.717) is 25.0 Å². The summed E-state index contributed by atoms with van der Waals surface area (Å²) in [7, 11) is 1.32. The average molecular weight is 529 g/mol. The molecule has 204 valence electrons. The molecule has 0 aromatic heterocycles. The molecular weight excluding hydrogens is 492 g/mol. The fraction of sp³-hybridized carbons (Fsp3) is 0.344. The van der Waals surface area contributed by atoms with Gasteiger partial charge in [-0.3, -0.25) is 9.59 Å². The molecule has 1 aliphatic rings. The molecule has 0 unspecified atom stereocenters. The zero-order chi connectivity index (χ0) is 27.8. The summed E-state index contributed by atoms with van der Waals surface area (Å²) in [5.74, 6) is -0.372. The lowest BCUT2D eigenvalue weighted by Gasteiger charge is -2.30. The van der Waals surface area contributed by atoms with Crippen molar-refractivity contribution in [3.63, 3.8) is 0 Å². The van der Waals surface area contributed by atoms with Gasteiger partial charge in [0.15, 0.2) is 5.60 Å². The summed E-state index contributed by atoms with van der Waals surface area (Å²) in [6.45, 7) is 4.00. The van der Waals surface area contributed by atoms with Gasteiger partial charge in [0.2, 0.25) is 5.91 Å². The van der Waals surface area contributed by atoms with Crippen molar-refractivity contribution in [2.75, 3.05) is 12.4 Å². The van der Waals surface area contributed by atoms with E-state index in [2.05, 4.69) is 16.7 Å². The van der Waals surface area contributed by atoms with Crippen LogP contribution in [0.2, 0.25) is 0 Å². The maximum atomic E-state index is 13.5. The van der Waals surface area contributed by atoms with Gasteiger partial charge in [0.25, 0.3) is 5.91 Å². The van der Waals surface area contributed by atoms with Crippen LogP contribution < -0.4 is 15.4 Å². The van der Waals surface area contributed by atoms with E-state index in [9.17, 15) is 14.4 Å². The normalized spacial score (nSPS) is 14.7. The fourth-order valence-electron chi connectivity index (χ4n) is 5.14. The molecule has 1 fully saturated rings. The number of carbonyl (C=O) groups is 3. The maximum absolute atomic E-state index is 13.5. The van der Waals surface area contributed by atoms with Crippen LogP contribution in [-0.4, -0.2) is 36.5 Å². The van der Waals surface area contributed by atoms with Gasteiger partial charge in [0.05, 0.1) is 13.5 Å². The van der Waals surface area contributed by atoms with E-state index >= 15 is 0 Å². The van der Waals surface area contributed by atoms with Crippen molar-refractivity contribution in [3.05, 3.63) is 95.1 Å². The second-order valence-corrected chi connectivity index (χ2v) is 10.3. The van der Waals surface area contributed by atoms with E-state index in [1.54, 1.807) is 12.1 Å². The summed E-state index contributed by atoms with van der Waals surface area (Å²) in [5, 5.41) is 5.85. The predicted molar refractivity (Wildman–Crippen MR) is 151 cm³/mol. The first-order chi connectivity index (χ1) is 18.8. The molecule has 1 atom stereocenters. The number of hydrogen-bond donors (Lipinski definition) is 2. The van der Waals surface area contributed by atoms with Crippen molar-refractivity contribution >= 4 is 23.5 Å². The van der Waals surface area contributed by atoms with Crippen LogP contribution >= 0.6 is 0 Å². The smallest absolute Gasteiger partial charge is 0.328 e. The van der Waals surface area contributed by atoms with Gasteiger partial charge in [0, 0.05) is 12.1 Å².